The normalized spacial score (nSPS) is 13.1. The summed E-state index contributed by atoms with van der Waals surface area (Å²) < 4.78 is 6.22. The third-order valence-electron chi connectivity index (χ3n) is 2.20. The van der Waals surface area contributed by atoms with Gasteiger partial charge in [0.25, 0.3) is 0 Å². The fraction of sp³-hybridized carbons (Fsp3) is 0.545. The first kappa shape index (κ1) is 12.9. The van der Waals surface area contributed by atoms with Crippen molar-refractivity contribution in [3.63, 3.8) is 0 Å². The highest BCUT2D eigenvalue weighted by molar-refractivity contribution is 9.10. The van der Waals surface area contributed by atoms with Crippen molar-refractivity contribution in [2.75, 3.05) is 7.11 Å². The molecule has 0 amide bonds. The average molecular weight is 291 g/mol. The second kappa shape index (κ2) is 5.77. The molecule has 0 saturated heterocycles. The third-order valence-corrected chi connectivity index (χ3v) is 4.13. The van der Waals surface area contributed by atoms with Crippen molar-refractivity contribution in [1.82, 2.24) is 0 Å². The van der Waals surface area contributed by atoms with E-state index in [1.165, 1.54) is 0 Å². The fourth-order valence-electron chi connectivity index (χ4n) is 1.49. The predicted octanol–water partition coefficient (Wildman–Crippen LogP) is 3.29. The van der Waals surface area contributed by atoms with Crippen LogP contribution in [0, 0.1) is 5.92 Å². The summed E-state index contributed by atoms with van der Waals surface area (Å²) in [6, 6.07) is 1.96. The van der Waals surface area contributed by atoms with Gasteiger partial charge in [0.05, 0.1) is 0 Å². The number of ketones is 1. The summed E-state index contributed by atoms with van der Waals surface area (Å²) in [5, 5.41) is 1.98. The molecule has 0 aromatic carbocycles. The summed E-state index contributed by atoms with van der Waals surface area (Å²) in [5.74, 6) is 0.372. The molecule has 1 heterocycles. The average Bonchev–Trinajstić information content (AvgIpc) is 2.52. The molecular formula is C11H15BrO2S. The molecule has 0 bridgehead atoms. The highest BCUT2D eigenvalue weighted by atomic mass is 79.9. The highest BCUT2D eigenvalue weighted by Gasteiger charge is 2.22. The standard InChI is InChI=1S/C11H15BrO2S/c1-7(2)11(14-3)9(13)6-10-8(12)4-5-15-10/h4-5,7,11H,6H2,1-3H3. The molecule has 0 spiro atoms. The number of hydrogen-bond acceptors (Lipinski definition) is 3. The summed E-state index contributed by atoms with van der Waals surface area (Å²) >= 11 is 5.01. The van der Waals surface area contributed by atoms with Crippen LogP contribution in [0.5, 0.6) is 0 Å². The molecule has 0 aliphatic carbocycles. The Morgan fingerprint density at radius 3 is 2.67 bits per heavy atom. The number of thiophene rings is 1. The van der Waals surface area contributed by atoms with Crippen LogP contribution in [0.15, 0.2) is 15.9 Å². The Labute approximate surface area is 103 Å². The van der Waals surface area contributed by atoms with Crippen molar-refractivity contribution in [3.8, 4) is 0 Å². The van der Waals surface area contributed by atoms with Crippen molar-refractivity contribution < 1.29 is 9.53 Å². The Kier molecular flexibility index (Phi) is 4.96. The van der Waals surface area contributed by atoms with Gasteiger partial charge in [-0.05, 0) is 33.3 Å². The molecule has 1 unspecified atom stereocenters. The van der Waals surface area contributed by atoms with Gasteiger partial charge < -0.3 is 4.74 Å². The molecular weight excluding hydrogens is 276 g/mol. The molecule has 4 heteroatoms. The number of halogens is 1. The molecule has 1 aromatic heterocycles. The van der Waals surface area contributed by atoms with Gasteiger partial charge in [-0.1, -0.05) is 13.8 Å². The number of hydrogen-bond donors (Lipinski definition) is 0. The SMILES string of the molecule is COC(C(=O)Cc1sccc1Br)C(C)C. The van der Waals surface area contributed by atoms with Crippen LogP contribution in [-0.2, 0) is 16.0 Å². The minimum atomic E-state index is -0.293. The number of ether oxygens (including phenoxy) is 1. The first-order valence-electron chi connectivity index (χ1n) is 4.83. The molecule has 0 radical (unpaired) electrons. The number of carbonyl (C=O) groups excluding carboxylic acids is 1. The first-order valence-corrected chi connectivity index (χ1v) is 6.51. The van der Waals surface area contributed by atoms with Crippen molar-refractivity contribution >= 4 is 33.0 Å². The zero-order chi connectivity index (χ0) is 11.4. The first-order chi connectivity index (χ1) is 7.06. The minimum Gasteiger partial charge on any atom is -0.373 e. The zero-order valence-corrected chi connectivity index (χ0v) is 11.5. The summed E-state index contributed by atoms with van der Waals surface area (Å²) in [5.41, 5.74) is 0. The van der Waals surface area contributed by atoms with Gasteiger partial charge in [-0.15, -0.1) is 11.3 Å². The van der Waals surface area contributed by atoms with Gasteiger partial charge in [0, 0.05) is 22.9 Å². The molecule has 0 aliphatic rings. The largest absolute Gasteiger partial charge is 0.373 e. The molecule has 1 rings (SSSR count). The smallest absolute Gasteiger partial charge is 0.167 e. The molecule has 84 valence electrons. The Bertz CT molecular complexity index is 333. The summed E-state index contributed by atoms with van der Waals surface area (Å²) in [6.45, 7) is 3.99. The van der Waals surface area contributed by atoms with Gasteiger partial charge in [0.2, 0.25) is 0 Å². The second-order valence-electron chi connectivity index (χ2n) is 3.74. The molecule has 15 heavy (non-hydrogen) atoms. The van der Waals surface area contributed by atoms with E-state index in [0.29, 0.717) is 6.42 Å². The predicted molar refractivity (Wildman–Crippen MR) is 66.4 cm³/mol. The van der Waals surface area contributed by atoms with E-state index in [4.69, 9.17) is 4.74 Å². The van der Waals surface area contributed by atoms with Crippen LogP contribution in [0.4, 0.5) is 0 Å². The van der Waals surface area contributed by atoms with Gasteiger partial charge >= 0.3 is 0 Å². The lowest BCUT2D eigenvalue weighted by molar-refractivity contribution is -0.130. The number of methoxy groups -OCH3 is 1. The molecule has 1 aromatic rings. The minimum absolute atomic E-state index is 0.149. The summed E-state index contributed by atoms with van der Waals surface area (Å²) in [6.07, 6.45) is 0.161. The van der Waals surface area contributed by atoms with E-state index in [1.807, 2.05) is 25.3 Å². The second-order valence-corrected chi connectivity index (χ2v) is 5.59. The Balaban J connectivity index is 2.66. The lowest BCUT2D eigenvalue weighted by Gasteiger charge is -2.17. The van der Waals surface area contributed by atoms with Gasteiger partial charge in [-0.2, -0.15) is 0 Å². The lowest BCUT2D eigenvalue weighted by atomic mass is 10.0. The van der Waals surface area contributed by atoms with Crippen LogP contribution in [0.25, 0.3) is 0 Å². The van der Waals surface area contributed by atoms with Crippen LogP contribution in [-0.4, -0.2) is 19.0 Å². The monoisotopic (exact) mass is 290 g/mol. The van der Waals surface area contributed by atoms with E-state index in [-0.39, 0.29) is 17.8 Å². The van der Waals surface area contributed by atoms with E-state index in [0.717, 1.165) is 9.35 Å². The van der Waals surface area contributed by atoms with Crippen molar-refractivity contribution in [3.05, 3.63) is 20.8 Å². The van der Waals surface area contributed by atoms with E-state index in [1.54, 1.807) is 18.4 Å². The Morgan fingerprint density at radius 2 is 2.27 bits per heavy atom. The Hall–Kier alpha value is -0.190. The van der Waals surface area contributed by atoms with Crippen LogP contribution >= 0.6 is 27.3 Å². The van der Waals surface area contributed by atoms with Gasteiger partial charge in [-0.3, -0.25) is 4.79 Å². The van der Waals surface area contributed by atoms with Gasteiger partial charge in [0.15, 0.2) is 5.78 Å². The van der Waals surface area contributed by atoms with E-state index in [9.17, 15) is 4.79 Å². The molecule has 2 nitrogen and oxygen atoms in total. The summed E-state index contributed by atoms with van der Waals surface area (Å²) in [4.78, 5) is 13.0. The number of rotatable bonds is 5. The van der Waals surface area contributed by atoms with Crippen LogP contribution in [0.2, 0.25) is 0 Å². The molecule has 0 aliphatic heterocycles. The van der Waals surface area contributed by atoms with Crippen LogP contribution in [0.1, 0.15) is 18.7 Å². The van der Waals surface area contributed by atoms with Gasteiger partial charge in [0.1, 0.15) is 6.10 Å². The van der Waals surface area contributed by atoms with E-state index in [2.05, 4.69) is 15.9 Å². The van der Waals surface area contributed by atoms with Crippen molar-refractivity contribution in [2.24, 2.45) is 5.92 Å². The maximum Gasteiger partial charge on any atom is 0.167 e. The highest BCUT2D eigenvalue weighted by Crippen LogP contribution is 2.24. The topological polar surface area (TPSA) is 26.3 Å². The maximum absolute atomic E-state index is 11.9. The number of carbonyl (C=O) groups is 1. The third kappa shape index (κ3) is 3.40. The van der Waals surface area contributed by atoms with Gasteiger partial charge in [-0.25, -0.2) is 0 Å². The lowest BCUT2D eigenvalue weighted by Crippen LogP contribution is -2.29. The maximum atomic E-state index is 11.9. The number of Topliss-reactive ketones (excluding diaryl/α,β-unsaturated/α-hetero) is 1. The fourth-order valence-corrected chi connectivity index (χ4v) is 2.99. The molecule has 0 N–H and O–H groups in total. The van der Waals surface area contributed by atoms with E-state index < -0.39 is 0 Å². The summed E-state index contributed by atoms with van der Waals surface area (Å²) in [7, 11) is 1.59. The van der Waals surface area contributed by atoms with Crippen molar-refractivity contribution in [1.29, 1.82) is 0 Å². The van der Waals surface area contributed by atoms with Crippen LogP contribution in [0.3, 0.4) is 0 Å². The molecule has 0 saturated carbocycles. The van der Waals surface area contributed by atoms with Crippen molar-refractivity contribution in [2.45, 2.75) is 26.4 Å². The molecule has 0 fully saturated rings. The van der Waals surface area contributed by atoms with Crippen LogP contribution < -0.4 is 0 Å². The molecule has 1 atom stereocenters. The zero-order valence-electron chi connectivity index (χ0n) is 9.12. The van der Waals surface area contributed by atoms with E-state index >= 15 is 0 Å². The Morgan fingerprint density at radius 1 is 1.60 bits per heavy atom. The quantitative estimate of drug-likeness (QED) is 0.832.